The van der Waals surface area contributed by atoms with Gasteiger partial charge in [0.05, 0.1) is 29.3 Å². The van der Waals surface area contributed by atoms with Gasteiger partial charge in [0.1, 0.15) is 0 Å². The maximum absolute atomic E-state index is 12.3. The number of alkyl halides is 2. The van der Waals surface area contributed by atoms with Crippen LogP contribution < -0.4 is 16.5 Å². The van der Waals surface area contributed by atoms with Crippen molar-refractivity contribution < 1.29 is 18.4 Å². The van der Waals surface area contributed by atoms with Crippen LogP contribution in [0, 0.1) is 5.92 Å². The van der Waals surface area contributed by atoms with E-state index in [1.807, 2.05) is 0 Å². The summed E-state index contributed by atoms with van der Waals surface area (Å²) in [4.78, 5) is 31.8. The van der Waals surface area contributed by atoms with Gasteiger partial charge in [-0.15, -0.1) is 0 Å². The first kappa shape index (κ1) is 18.0. The lowest BCUT2D eigenvalue weighted by molar-refractivity contribution is -0.127. The quantitative estimate of drug-likeness (QED) is 0.706. The van der Waals surface area contributed by atoms with Gasteiger partial charge in [0.15, 0.2) is 5.82 Å². The number of amides is 2. The van der Waals surface area contributed by atoms with Crippen LogP contribution in [0.4, 0.5) is 20.3 Å². The SMILES string of the molecule is NC(=O)c1cnc2c(c1NN1CCC[C@H](C(=O)NCC(F)F)C1)C=C=N2. The standard InChI is InChI=1S/C16H18F2N6O2/c17-12(18)7-22-16(26)9-2-1-5-24(8-9)23-13-10-3-4-20-15(10)21-6-11(13)14(19)25/h3,6,9,12H,1-2,5,7-8H2,(H2,19,25)(H,21,23)(H,22,26)/t9-/m0/s1. The number of nitrogens with two attached hydrogens (primary N) is 1. The molecule has 0 bridgehead atoms. The van der Waals surface area contributed by atoms with Crippen molar-refractivity contribution in [2.45, 2.75) is 19.3 Å². The Balaban J connectivity index is 1.73. The zero-order valence-corrected chi connectivity index (χ0v) is 13.8. The number of aromatic nitrogens is 1. The summed E-state index contributed by atoms with van der Waals surface area (Å²) in [6.45, 7) is 0.280. The summed E-state index contributed by atoms with van der Waals surface area (Å²) in [6.07, 6.45) is 1.65. The molecule has 2 amide bonds. The molecule has 3 rings (SSSR count). The van der Waals surface area contributed by atoms with E-state index in [1.54, 1.807) is 11.1 Å². The van der Waals surface area contributed by atoms with Crippen molar-refractivity contribution in [3.05, 3.63) is 17.3 Å². The van der Waals surface area contributed by atoms with E-state index in [2.05, 4.69) is 26.6 Å². The van der Waals surface area contributed by atoms with Crippen LogP contribution in [-0.4, -0.2) is 53.7 Å². The molecule has 10 heteroatoms. The summed E-state index contributed by atoms with van der Waals surface area (Å²) in [5.74, 6) is 1.62. The molecular formula is C16H18F2N6O2. The van der Waals surface area contributed by atoms with Crippen LogP contribution in [-0.2, 0) is 4.79 Å². The smallest absolute Gasteiger partial charge is 0.255 e. The van der Waals surface area contributed by atoms with Crippen LogP contribution in [0.25, 0.3) is 6.08 Å². The first-order valence-corrected chi connectivity index (χ1v) is 8.15. The van der Waals surface area contributed by atoms with Crippen LogP contribution in [0.3, 0.4) is 0 Å². The molecule has 0 unspecified atom stereocenters. The van der Waals surface area contributed by atoms with E-state index in [1.165, 1.54) is 6.20 Å². The van der Waals surface area contributed by atoms with Crippen LogP contribution >= 0.6 is 0 Å². The first-order valence-electron chi connectivity index (χ1n) is 8.15. The predicted molar refractivity (Wildman–Crippen MR) is 91.2 cm³/mol. The molecule has 8 nitrogen and oxygen atoms in total. The van der Waals surface area contributed by atoms with Crippen molar-refractivity contribution in [2.75, 3.05) is 25.1 Å². The number of piperidine rings is 1. The second-order valence-corrected chi connectivity index (χ2v) is 6.07. The summed E-state index contributed by atoms with van der Waals surface area (Å²) in [7, 11) is 0. The van der Waals surface area contributed by atoms with Crippen LogP contribution in [0.2, 0.25) is 0 Å². The minimum Gasteiger partial charge on any atom is -0.365 e. The van der Waals surface area contributed by atoms with Crippen LogP contribution in [0.15, 0.2) is 11.2 Å². The third-order valence-corrected chi connectivity index (χ3v) is 4.23. The maximum atomic E-state index is 12.3. The molecule has 1 aromatic rings. The summed E-state index contributed by atoms with van der Waals surface area (Å²) in [6, 6.07) is 0. The Morgan fingerprint density at radius 3 is 3.00 bits per heavy atom. The van der Waals surface area contributed by atoms with E-state index in [0.29, 0.717) is 43.0 Å². The van der Waals surface area contributed by atoms with Gasteiger partial charge >= 0.3 is 0 Å². The highest BCUT2D eigenvalue weighted by Crippen LogP contribution is 2.32. The topological polar surface area (TPSA) is 113 Å². The van der Waals surface area contributed by atoms with E-state index in [9.17, 15) is 18.4 Å². The summed E-state index contributed by atoms with van der Waals surface area (Å²) in [5.41, 5.74) is 9.77. The minimum atomic E-state index is -2.58. The van der Waals surface area contributed by atoms with Gasteiger partial charge in [0, 0.05) is 25.4 Å². The fraction of sp³-hybridized carbons (Fsp3) is 0.438. The van der Waals surface area contributed by atoms with Crippen LogP contribution in [0.1, 0.15) is 28.8 Å². The Kier molecular flexibility index (Phi) is 5.24. The highest BCUT2D eigenvalue weighted by molar-refractivity contribution is 6.04. The van der Waals surface area contributed by atoms with Gasteiger partial charge < -0.3 is 16.5 Å². The predicted octanol–water partition coefficient (Wildman–Crippen LogP) is 0.929. The number of hydrogen-bond donors (Lipinski definition) is 3. The minimum absolute atomic E-state index is 0.197. The second kappa shape index (κ2) is 7.59. The summed E-state index contributed by atoms with van der Waals surface area (Å²) in [5, 5.41) is 4.02. The lowest BCUT2D eigenvalue weighted by Gasteiger charge is -2.33. The Labute approximate surface area is 148 Å². The number of rotatable bonds is 6. The number of hydrazine groups is 1. The van der Waals surface area contributed by atoms with Crippen molar-refractivity contribution >= 4 is 35.3 Å². The Hall–Kier alpha value is -2.84. The van der Waals surface area contributed by atoms with E-state index < -0.39 is 30.7 Å². The van der Waals surface area contributed by atoms with Crippen molar-refractivity contribution in [2.24, 2.45) is 16.6 Å². The number of aliphatic imine (C=N–C) groups is 1. The Morgan fingerprint density at radius 2 is 2.27 bits per heavy atom. The molecule has 2 aliphatic rings. The highest BCUT2D eigenvalue weighted by Gasteiger charge is 2.28. The van der Waals surface area contributed by atoms with Gasteiger partial charge in [-0.1, -0.05) is 0 Å². The molecule has 3 heterocycles. The fourth-order valence-corrected chi connectivity index (χ4v) is 2.98. The second-order valence-electron chi connectivity index (χ2n) is 6.07. The molecule has 0 radical (unpaired) electrons. The summed E-state index contributed by atoms with van der Waals surface area (Å²) < 4.78 is 24.5. The molecular weight excluding hydrogens is 346 g/mol. The molecule has 4 N–H and O–H groups in total. The highest BCUT2D eigenvalue weighted by atomic mass is 19.3. The number of carbonyl (C=O) groups is 2. The molecule has 1 atom stereocenters. The molecule has 0 spiro atoms. The number of fused-ring (bicyclic) bond motifs is 1. The molecule has 1 fully saturated rings. The van der Waals surface area contributed by atoms with Crippen molar-refractivity contribution in [1.29, 1.82) is 0 Å². The van der Waals surface area contributed by atoms with Gasteiger partial charge in [-0.3, -0.25) is 9.59 Å². The molecule has 0 saturated carbocycles. The monoisotopic (exact) mass is 364 g/mol. The molecule has 138 valence electrons. The van der Waals surface area contributed by atoms with Gasteiger partial charge in [-0.2, -0.15) is 4.99 Å². The lowest BCUT2D eigenvalue weighted by Crippen LogP contribution is -2.46. The Bertz CT molecular complexity index is 791. The first-order chi connectivity index (χ1) is 12.5. The number of nitrogens with one attached hydrogen (secondary N) is 2. The molecule has 2 aliphatic heterocycles. The van der Waals surface area contributed by atoms with E-state index in [0.717, 1.165) is 0 Å². The fourth-order valence-electron chi connectivity index (χ4n) is 2.98. The number of carbonyl (C=O) groups excluding carboxylic acids is 2. The number of hydrogen-bond acceptors (Lipinski definition) is 6. The molecule has 1 saturated heterocycles. The molecule has 1 aromatic heterocycles. The van der Waals surface area contributed by atoms with Gasteiger partial charge in [-0.05, 0) is 18.7 Å². The third-order valence-electron chi connectivity index (χ3n) is 4.23. The zero-order chi connectivity index (χ0) is 18.7. The number of halogens is 2. The molecule has 26 heavy (non-hydrogen) atoms. The molecule has 0 aromatic carbocycles. The lowest BCUT2D eigenvalue weighted by atomic mass is 9.98. The van der Waals surface area contributed by atoms with Gasteiger partial charge in [-0.25, -0.2) is 18.8 Å². The van der Waals surface area contributed by atoms with Gasteiger partial charge in [0.25, 0.3) is 12.3 Å². The van der Waals surface area contributed by atoms with Gasteiger partial charge in [0.2, 0.25) is 5.91 Å². The third kappa shape index (κ3) is 3.87. The van der Waals surface area contributed by atoms with Crippen molar-refractivity contribution in [1.82, 2.24) is 15.3 Å². The van der Waals surface area contributed by atoms with Crippen molar-refractivity contribution in [3.63, 3.8) is 0 Å². The average Bonchev–Trinajstić information content (AvgIpc) is 3.09. The molecule has 0 aliphatic carbocycles. The largest absolute Gasteiger partial charge is 0.365 e. The number of pyridine rings is 1. The number of nitrogens with zero attached hydrogens (tertiary/aromatic N) is 3. The van der Waals surface area contributed by atoms with Crippen LogP contribution in [0.5, 0.6) is 0 Å². The Morgan fingerprint density at radius 1 is 1.46 bits per heavy atom. The van der Waals surface area contributed by atoms with E-state index in [4.69, 9.17) is 5.73 Å². The van der Waals surface area contributed by atoms with E-state index >= 15 is 0 Å². The maximum Gasteiger partial charge on any atom is 0.255 e. The number of primary amides is 1. The van der Waals surface area contributed by atoms with E-state index in [-0.39, 0.29) is 5.56 Å². The zero-order valence-electron chi connectivity index (χ0n) is 13.8. The van der Waals surface area contributed by atoms with Crippen molar-refractivity contribution in [3.8, 4) is 0 Å². The normalized spacial score (nSPS) is 18.8. The average molecular weight is 364 g/mol. The summed E-state index contributed by atoms with van der Waals surface area (Å²) >= 11 is 0. The number of anilines is 1.